The fraction of sp³-hybridized carbons (Fsp3) is 0.263. The van der Waals surface area contributed by atoms with Gasteiger partial charge in [0.05, 0.1) is 12.8 Å². The minimum Gasteiger partial charge on any atom is -0.493 e. The van der Waals surface area contributed by atoms with Crippen molar-refractivity contribution in [2.45, 2.75) is 26.9 Å². The SMILES string of the molecule is CCOc1ccccc1C=NNC(=O)[C@H](C)Oc1ccc(Cl)c(C)c1. The highest BCUT2D eigenvalue weighted by molar-refractivity contribution is 6.31. The van der Waals surface area contributed by atoms with Gasteiger partial charge in [-0.15, -0.1) is 0 Å². The molecule has 2 aromatic carbocycles. The Balaban J connectivity index is 1.94. The van der Waals surface area contributed by atoms with E-state index in [1.807, 2.05) is 38.1 Å². The van der Waals surface area contributed by atoms with Crippen LogP contribution < -0.4 is 14.9 Å². The van der Waals surface area contributed by atoms with Gasteiger partial charge in [0.2, 0.25) is 0 Å². The summed E-state index contributed by atoms with van der Waals surface area (Å²) < 4.78 is 11.1. The van der Waals surface area contributed by atoms with Crippen molar-refractivity contribution in [3.05, 3.63) is 58.6 Å². The first-order valence-electron chi connectivity index (χ1n) is 7.98. The highest BCUT2D eigenvalue weighted by Gasteiger charge is 2.14. The van der Waals surface area contributed by atoms with Crippen molar-refractivity contribution in [1.29, 1.82) is 0 Å². The standard InChI is InChI=1S/C19H21ClN2O3/c1-4-24-18-8-6-5-7-15(18)12-21-22-19(23)14(3)25-16-9-10-17(20)13(2)11-16/h5-12,14H,4H2,1-3H3,(H,22,23)/t14-/m0/s1. The molecule has 0 bridgehead atoms. The first-order valence-corrected chi connectivity index (χ1v) is 8.36. The molecule has 0 aliphatic rings. The molecule has 0 radical (unpaired) electrons. The van der Waals surface area contributed by atoms with Crippen molar-refractivity contribution in [2.24, 2.45) is 5.10 Å². The van der Waals surface area contributed by atoms with Crippen LogP contribution in [0.15, 0.2) is 47.6 Å². The lowest BCUT2D eigenvalue weighted by molar-refractivity contribution is -0.127. The zero-order valence-electron chi connectivity index (χ0n) is 14.5. The van der Waals surface area contributed by atoms with Crippen LogP contribution in [0.5, 0.6) is 11.5 Å². The molecule has 0 spiro atoms. The van der Waals surface area contributed by atoms with Gasteiger partial charge in [0.15, 0.2) is 6.10 Å². The Morgan fingerprint density at radius 1 is 1.32 bits per heavy atom. The van der Waals surface area contributed by atoms with Gasteiger partial charge in [-0.25, -0.2) is 5.43 Å². The van der Waals surface area contributed by atoms with Crippen LogP contribution in [0.1, 0.15) is 25.0 Å². The predicted octanol–water partition coefficient (Wildman–Crippen LogP) is 3.96. The molecule has 132 valence electrons. The van der Waals surface area contributed by atoms with Crippen LogP contribution in [0.4, 0.5) is 0 Å². The van der Waals surface area contributed by atoms with E-state index in [0.29, 0.717) is 23.1 Å². The smallest absolute Gasteiger partial charge is 0.280 e. The van der Waals surface area contributed by atoms with Gasteiger partial charge in [0, 0.05) is 10.6 Å². The number of benzene rings is 2. The van der Waals surface area contributed by atoms with E-state index in [-0.39, 0.29) is 5.91 Å². The van der Waals surface area contributed by atoms with Crippen LogP contribution in [0.2, 0.25) is 5.02 Å². The lowest BCUT2D eigenvalue weighted by atomic mass is 10.2. The molecule has 2 rings (SSSR count). The molecule has 0 aromatic heterocycles. The summed E-state index contributed by atoms with van der Waals surface area (Å²) in [4.78, 5) is 12.1. The van der Waals surface area contributed by atoms with E-state index in [4.69, 9.17) is 21.1 Å². The Morgan fingerprint density at radius 2 is 2.08 bits per heavy atom. The summed E-state index contributed by atoms with van der Waals surface area (Å²) in [6.07, 6.45) is 0.849. The third kappa shape index (κ3) is 5.50. The highest BCUT2D eigenvalue weighted by Crippen LogP contribution is 2.22. The van der Waals surface area contributed by atoms with Crippen molar-refractivity contribution in [1.82, 2.24) is 5.43 Å². The molecule has 0 aliphatic heterocycles. The van der Waals surface area contributed by atoms with Gasteiger partial charge in [0.25, 0.3) is 5.91 Å². The second kappa shape index (κ2) is 9.08. The van der Waals surface area contributed by atoms with E-state index >= 15 is 0 Å². The summed E-state index contributed by atoms with van der Waals surface area (Å²) in [5.41, 5.74) is 4.14. The number of hydrogen-bond acceptors (Lipinski definition) is 4. The molecule has 0 saturated heterocycles. The van der Waals surface area contributed by atoms with Gasteiger partial charge in [-0.2, -0.15) is 5.10 Å². The molecule has 5 nitrogen and oxygen atoms in total. The molecule has 0 saturated carbocycles. The molecule has 0 unspecified atom stereocenters. The lowest BCUT2D eigenvalue weighted by Crippen LogP contribution is -2.33. The number of amides is 1. The van der Waals surface area contributed by atoms with Gasteiger partial charge < -0.3 is 9.47 Å². The summed E-state index contributed by atoms with van der Waals surface area (Å²) in [6.45, 7) is 6.00. The number of carbonyl (C=O) groups is 1. The largest absolute Gasteiger partial charge is 0.493 e. The molecule has 6 heteroatoms. The van der Waals surface area contributed by atoms with Crippen LogP contribution in [0.25, 0.3) is 0 Å². The van der Waals surface area contributed by atoms with E-state index < -0.39 is 6.10 Å². The number of halogens is 1. The maximum Gasteiger partial charge on any atom is 0.280 e. The number of ether oxygens (including phenoxy) is 2. The van der Waals surface area contributed by atoms with Gasteiger partial charge in [-0.05, 0) is 56.7 Å². The highest BCUT2D eigenvalue weighted by atomic mass is 35.5. The number of hydrazone groups is 1. The van der Waals surface area contributed by atoms with Crippen molar-refractivity contribution in [3.63, 3.8) is 0 Å². The van der Waals surface area contributed by atoms with Crippen molar-refractivity contribution >= 4 is 23.7 Å². The van der Waals surface area contributed by atoms with Crippen LogP contribution >= 0.6 is 11.6 Å². The van der Waals surface area contributed by atoms with Crippen LogP contribution in [-0.2, 0) is 4.79 Å². The number of rotatable bonds is 7. The van der Waals surface area contributed by atoms with Gasteiger partial charge in [0.1, 0.15) is 11.5 Å². The van der Waals surface area contributed by atoms with Crippen molar-refractivity contribution in [2.75, 3.05) is 6.61 Å². The van der Waals surface area contributed by atoms with Crippen LogP contribution in [0, 0.1) is 6.92 Å². The monoisotopic (exact) mass is 360 g/mol. The fourth-order valence-electron chi connectivity index (χ4n) is 2.08. The molecular weight excluding hydrogens is 340 g/mol. The topological polar surface area (TPSA) is 59.9 Å². The number of nitrogens with zero attached hydrogens (tertiary/aromatic N) is 1. The van der Waals surface area contributed by atoms with Crippen molar-refractivity contribution in [3.8, 4) is 11.5 Å². The van der Waals surface area contributed by atoms with Crippen LogP contribution in [-0.4, -0.2) is 24.8 Å². The quantitative estimate of drug-likeness (QED) is 0.600. The van der Waals surface area contributed by atoms with E-state index in [2.05, 4.69) is 10.5 Å². The maximum atomic E-state index is 12.1. The van der Waals surface area contributed by atoms with E-state index in [1.54, 1.807) is 31.3 Å². The molecule has 0 aliphatic carbocycles. The minimum absolute atomic E-state index is 0.349. The second-order valence-electron chi connectivity index (χ2n) is 5.38. The Kier molecular flexibility index (Phi) is 6.83. The Hall–Kier alpha value is -2.53. The van der Waals surface area contributed by atoms with Gasteiger partial charge in [-0.3, -0.25) is 4.79 Å². The van der Waals surface area contributed by atoms with E-state index in [9.17, 15) is 4.79 Å². The number of aryl methyl sites for hydroxylation is 1. The summed E-state index contributed by atoms with van der Waals surface area (Å²) in [5, 5.41) is 4.63. The molecule has 25 heavy (non-hydrogen) atoms. The molecule has 1 atom stereocenters. The number of hydrogen-bond donors (Lipinski definition) is 1. The Morgan fingerprint density at radius 3 is 2.80 bits per heavy atom. The van der Waals surface area contributed by atoms with Crippen LogP contribution in [0.3, 0.4) is 0 Å². The summed E-state index contributed by atoms with van der Waals surface area (Å²) in [7, 11) is 0. The number of para-hydroxylation sites is 1. The summed E-state index contributed by atoms with van der Waals surface area (Å²) >= 11 is 5.98. The average Bonchev–Trinajstić information content (AvgIpc) is 2.59. The molecular formula is C19H21ClN2O3. The Labute approximate surface area is 152 Å². The molecule has 2 aromatic rings. The summed E-state index contributed by atoms with van der Waals surface area (Å²) in [5.74, 6) is 0.942. The number of carbonyl (C=O) groups excluding carboxylic acids is 1. The van der Waals surface area contributed by atoms with Gasteiger partial charge in [-0.1, -0.05) is 23.7 Å². The van der Waals surface area contributed by atoms with Gasteiger partial charge >= 0.3 is 0 Å². The zero-order valence-corrected chi connectivity index (χ0v) is 15.2. The number of nitrogens with one attached hydrogen (secondary N) is 1. The Bertz CT molecular complexity index is 762. The third-order valence-corrected chi connectivity index (χ3v) is 3.83. The van der Waals surface area contributed by atoms with E-state index in [1.165, 1.54) is 0 Å². The fourth-order valence-corrected chi connectivity index (χ4v) is 2.20. The lowest BCUT2D eigenvalue weighted by Gasteiger charge is -2.13. The first-order chi connectivity index (χ1) is 12.0. The molecule has 0 heterocycles. The minimum atomic E-state index is -0.695. The summed E-state index contributed by atoms with van der Waals surface area (Å²) in [6, 6.07) is 12.7. The predicted molar refractivity (Wildman–Crippen MR) is 99.6 cm³/mol. The maximum absolute atomic E-state index is 12.1. The molecule has 1 N–H and O–H groups in total. The molecule has 0 fully saturated rings. The molecule has 1 amide bonds. The zero-order chi connectivity index (χ0) is 18.2. The van der Waals surface area contributed by atoms with Crippen molar-refractivity contribution < 1.29 is 14.3 Å². The third-order valence-electron chi connectivity index (χ3n) is 3.41. The van der Waals surface area contributed by atoms with E-state index in [0.717, 1.165) is 11.1 Å². The first kappa shape index (κ1) is 18.8. The normalized spacial score (nSPS) is 12.0. The second-order valence-corrected chi connectivity index (χ2v) is 5.78. The average molecular weight is 361 g/mol.